The zero-order valence-electron chi connectivity index (χ0n) is 12.0. The SMILES string of the molecule is CC(=O)C1=C([O-])C(=O)OC12C(=O)c1ccccc1C2=O.C[NH3+]. The maximum Gasteiger partial charge on any atom is 0.325 e. The van der Waals surface area contributed by atoms with Gasteiger partial charge in [-0.3, -0.25) is 14.4 Å². The molecule has 7 heteroatoms. The number of ketones is 3. The van der Waals surface area contributed by atoms with Crippen LogP contribution in [0, 0.1) is 0 Å². The zero-order chi connectivity index (χ0) is 16.7. The number of quaternary nitrogens is 1. The molecule has 1 aromatic rings. The van der Waals surface area contributed by atoms with Gasteiger partial charge in [0.25, 0.3) is 5.60 Å². The van der Waals surface area contributed by atoms with Crippen LogP contribution in [0.5, 0.6) is 0 Å². The number of rotatable bonds is 1. The molecule has 0 radical (unpaired) electrons. The summed E-state index contributed by atoms with van der Waals surface area (Å²) in [5, 5.41) is 11.7. The van der Waals surface area contributed by atoms with Crippen LogP contribution in [0.2, 0.25) is 0 Å². The fourth-order valence-electron chi connectivity index (χ4n) is 2.59. The van der Waals surface area contributed by atoms with Crippen LogP contribution in [0.25, 0.3) is 0 Å². The van der Waals surface area contributed by atoms with Gasteiger partial charge < -0.3 is 15.6 Å². The van der Waals surface area contributed by atoms with Crippen molar-refractivity contribution in [2.75, 3.05) is 7.05 Å². The Morgan fingerprint density at radius 3 is 1.95 bits per heavy atom. The van der Waals surface area contributed by atoms with Crippen molar-refractivity contribution in [3.05, 3.63) is 46.7 Å². The molecule has 7 nitrogen and oxygen atoms in total. The van der Waals surface area contributed by atoms with E-state index in [1.807, 2.05) is 0 Å². The van der Waals surface area contributed by atoms with E-state index in [1.165, 1.54) is 24.3 Å². The van der Waals surface area contributed by atoms with Crippen LogP contribution in [0.3, 0.4) is 0 Å². The molecule has 3 rings (SSSR count). The third kappa shape index (κ3) is 1.72. The van der Waals surface area contributed by atoms with E-state index in [4.69, 9.17) is 4.74 Å². The van der Waals surface area contributed by atoms with Gasteiger partial charge in [0.05, 0.1) is 12.6 Å². The summed E-state index contributed by atoms with van der Waals surface area (Å²) in [5.41, 5.74) is 0.218. The molecule has 1 aromatic carbocycles. The van der Waals surface area contributed by atoms with E-state index < -0.39 is 40.3 Å². The van der Waals surface area contributed by atoms with Crippen molar-refractivity contribution in [2.45, 2.75) is 12.5 Å². The quantitative estimate of drug-likeness (QED) is 0.492. The summed E-state index contributed by atoms with van der Waals surface area (Å²) in [6, 6.07) is 5.85. The van der Waals surface area contributed by atoms with Crippen molar-refractivity contribution in [3.63, 3.8) is 0 Å². The average molecular weight is 303 g/mol. The maximum atomic E-state index is 12.4. The minimum absolute atomic E-state index is 0.0405. The van der Waals surface area contributed by atoms with Crippen molar-refractivity contribution in [3.8, 4) is 0 Å². The molecule has 0 amide bonds. The molecule has 114 valence electrons. The molecule has 3 N–H and O–H groups in total. The van der Waals surface area contributed by atoms with Gasteiger partial charge in [0.2, 0.25) is 11.6 Å². The Labute approximate surface area is 125 Å². The molecule has 0 saturated heterocycles. The van der Waals surface area contributed by atoms with Crippen molar-refractivity contribution >= 4 is 23.3 Å². The van der Waals surface area contributed by atoms with Crippen molar-refractivity contribution in [2.24, 2.45) is 0 Å². The maximum absolute atomic E-state index is 12.4. The Bertz CT molecular complexity index is 711. The van der Waals surface area contributed by atoms with Crippen LogP contribution in [0.4, 0.5) is 0 Å². The van der Waals surface area contributed by atoms with E-state index in [9.17, 15) is 24.3 Å². The average Bonchev–Trinajstić information content (AvgIpc) is 2.90. The highest BCUT2D eigenvalue weighted by molar-refractivity contribution is 6.39. The van der Waals surface area contributed by atoms with Crippen molar-refractivity contribution in [1.29, 1.82) is 0 Å². The van der Waals surface area contributed by atoms with Crippen LogP contribution in [0.1, 0.15) is 27.6 Å². The van der Waals surface area contributed by atoms with Gasteiger partial charge >= 0.3 is 5.97 Å². The molecular weight excluding hydrogens is 290 g/mol. The van der Waals surface area contributed by atoms with Gasteiger partial charge in [-0.2, -0.15) is 0 Å². The highest BCUT2D eigenvalue weighted by Gasteiger charge is 2.63. The molecule has 22 heavy (non-hydrogen) atoms. The lowest BCUT2D eigenvalue weighted by atomic mass is 9.86. The van der Waals surface area contributed by atoms with E-state index in [-0.39, 0.29) is 11.1 Å². The lowest BCUT2D eigenvalue weighted by Crippen LogP contribution is -2.45. The van der Waals surface area contributed by atoms with Crippen molar-refractivity contribution < 1.29 is 34.8 Å². The lowest BCUT2D eigenvalue weighted by molar-refractivity contribution is -0.325. The third-order valence-electron chi connectivity index (χ3n) is 3.42. The molecule has 1 aliphatic heterocycles. The number of benzene rings is 1. The number of ether oxygens (including phenoxy) is 1. The normalized spacial score (nSPS) is 18.0. The first-order chi connectivity index (χ1) is 10.4. The van der Waals surface area contributed by atoms with E-state index in [0.29, 0.717) is 0 Å². The third-order valence-corrected chi connectivity index (χ3v) is 3.42. The number of fused-ring (bicyclic) bond motifs is 1. The van der Waals surface area contributed by atoms with Crippen LogP contribution in [-0.2, 0) is 14.3 Å². The molecule has 2 aliphatic rings. The minimum atomic E-state index is -2.41. The highest BCUT2D eigenvalue weighted by atomic mass is 16.6. The summed E-state index contributed by atoms with van der Waals surface area (Å²) >= 11 is 0. The topological polar surface area (TPSA) is 128 Å². The predicted octanol–water partition coefficient (Wildman–Crippen LogP) is -1.58. The number of hydrogen-bond acceptors (Lipinski definition) is 6. The summed E-state index contributed by atoms with van der Waals surface area (Å²) < 4.78 is 4.76. The van der Waals surface area contributed by atoms with Gasteiger partial charge in [-0.1, -0.05) is 24.3 Å². The number of Topliss-reactive ketones (excluding diaryl/α,β-unsaturated/α-hetero) is 3. The molecular formula is C15H13NO6. The Morgan fingerprint density at radius 1 is 1.09 bits per heavy atom. The van der Waals surface area contributed by atoms with Crippen LogP contribution in [0.15, 0.2) is 35.6 Å². The number of carbonyl (C=O) groups excluding carboxylic acids is 4. The largest absolute Gasteiger partial charge is 0.867 e. The van der Waals surface area contributed by atoms with E-state index >= 15 is 0 Å². The van der Waals surface area contributed by atoms with Gasteiger partial charge in [-0.15, -0.1) is 0 Å². The molecule has 1 aliphatic carbocycles. The summed E-state index contributed by atoms with van der Waals surface area (Å²) in [4.78, 5) is 47.9. The second kappa shape index (κ2) is 5.19. The second-order valence-electron chi connectivity index (χ2n) is 4.53. The Morgan fingerprint density at radius 2 is 1.55 bits per heavy atom. The summed E-state index contributed by atoms with van der Waals surface area (Å²) in [6.45, 7) is 1.01. The zero-order valence-corrected chi connectivity index (χ0v) is 12.0. The molecule has 0 fully saturated rings. The van der Waals surface area contributed by atoms with Gasteiger partial charge in [0, 0.05) is 11.1 Å². The first kappa shape index (κ1) is 15.6. The number of hydrogen-bond donors (Lipinski definition) is 1. The van der Waals surface area contributed by atoms with E-state index in [1.54, 1.807) is 7.05 Å². The monoisotopic (exact) mass is 303 g/mol. The van der Waals surface area contributed by atoms with Gasteiger partial charge in [0.1, 0.15) is 0 Å². The molecule has 1 heterocycles. The highest BCUT2D eigenvalue weighted by Crippen LogP contribution is 2.42. The Hall–Kier alpha value is -2.80. The Kier molecular flexibility index (Phi) is 3.68. The van der Waals surface area contributed by atoms with E-state index in [2.05, 4.69) is 5.73 Å². The first-order valence-electron chi connectivity index (χ1n) is 6.46. The van der Waals surface area contributed by atoms with Crippen molar-refractivity contribution in [1.82, 2.24) is 0 Å². The van der Waals surface area contributed by atoms with Gasteiger partial charge in [-0.05, 0) is 12.7 Å². The standard InChI is InChI=1S/C14H8O6.CH5N/c1-6(15)9-10(16)13(19)20-14(9)11(17)7-4-2-3-5-8(7)12(14)18;1-2/h2-5,16H,1H3;2H2,1H3. The fourth-order valence-corrected chi connectivity index (χ4v) is 2.59. The van der Waals surface area contributed by atoms with Crippen LogP contribution < -0.4 is 10.8 Å². The molecule has 0 saturated carbocycles. The predicted molar refractivity (Wildman–Crippen MR) is 70.4 cm³/mol. The fraction of sp³-hybridized carbons (Fsp3) is 0.200. The molecule has 0 aromatic heterocycles. The van der Waals surface area contributed by atoms with Crippen LogP contribution >= 0.6 is 0 Å². The molecule has 1 spiro atoms. The van der Waals surface area contributed by atoms with Crippen LogP contribution in [-0.4, -0.2) is 36.0 Å². The molecule has 0 bridgehead atoms. The minimum Gasteiger partial charge on any atom is -0.867 e. The summed E-state index contributed by atoms with van der Waals surface area (Å²) in [5.74, 6) is -5.10. The summed E-state index contributed by atoms with van der Waals surface area (Å²) in [7, 11) is 1.75. The molecule has 0 unspecified atom stereocenters. The first-order valence-corrected chi connectivity index (χ1v) is 6.46. The number of esters is 1. The second-order valence-corrected chi connectivity index (χ2v) is 4.53. The smallest absolute Gasteiger partial charge is 0.325 e. The van der Waals surface area contributed by atoms with E-state index in [0.717, 1.165) is 6.92 Å². The number of carbonyl (C=O) groups is 4. The molecule has 0 atom stereocenters. The Balaban J connectivity index is 0.000000847. The van der Waals surface area contributed by atoms with Gasteiger partial charge in [-0.25, -0.2) is 4.79 Å². The van der Waals surface area contributed by atoms with Gasteiger partial charge in [0.15, 0.2) is 5.78 Å². The summed E-state index contributed by atoms with van der Waals surface area (Å²) in [6.07, 6.45) is 0. The lowest BCUT2D eigenvalue weighted by Gasteiger charge is -2.21.